The number of nitrogens with zero attached hydrogens (tertiary/aromatic N) is 4. The number of rotatable bonds is 23. The van der Waals surface area contributed by atoms with Crippen LogP contribution in [0.15, 0.2) is 111 Å². The Bertz CT molecular complexity index is 2830. The molecule has 2 unspecified atom stereocenters. The van der Waals surface area contributed by atoms with E-state index in [4.69, 9.17) is 67.5 Å². The minimum atomic E-state index is -1.63. The van der Waals surface area contributed by atoms with Crippen LogP contribution in [0.2, 0.25) is 10.0 Å². The standard InChI is InChI=1S/C49H47Cl5N8O8/c1-5-69-42-11-7-9-40(37(42)15-17-50)57-46(65)29-19-32(53)24-35(21-29)59-61-44(27(3)63)48(67)55-34-13-14-39(31(23-34)26-52)56-49(68)45(28(4)64)62-60-36-22-30(20-33(54)25-36)47(66)58-41-10-8-12-43(70-6-2)38(41)16-18-51/h7-14,19-25,44-45H,5-6,15-18,26H2,1-4H3,(H,55,67)(H,56,68)(H,57,65)(H,58,66). The van der Waals surface area contributed by atoms with Gasteiger partial charge in [0.15, 0.2) is 11.6 Å². The van der Waals surface area contributed by atoms with Gasteiger partial charge in [0.25, 0.3) is 23.6 Å². The summed E-state index contributed by atoms with van der Waals surface area (Å²) in [7, 11) is 0. The lowest BCUT2D eigenvalue weighted by atomic mass is 10.1. The topological polar surface area (TPSA) is 218 Å². The Kier molecular flexibility index (Phi) is 20.7. The smallest absolute Gasteiger partial charge is 0.258 e. The number of hydrogen-bond donors (Lipinski definition) is 4. The fraction of sp³-hybridized carbons (Fsp3) is 0.265. The number of carbonyl (C=O) groups excluding carboxylic acids is 6. The summed E-state index contributed by atoms with van der Waals surface area (Å²) in [5.41, 5.74) is 3.54. The number of ketones is 2. The molecule has 0 radical (unpaired) electrons. The van der Waals surface area contributed by atoms with Gasteiger partial charge in [-0.25, -0.2) is 0 Å². The highest BCUT2D eigenvalue weighted by Crippen LogP contribution is 2.32. The third-order valence-corrected chi connectivity index (χ3v) is 11.1. The largest absolute Gasteiger partial charge is 0.494 e. The second-order valence-electron chi connectivity index (χ2n) is 15.1. The molecule has 0 aromatic heterocycles. The molecule has 5 aromatic carbocycles. The molecule has 0 saturated heterocycles. The number of amides is 4. The van der Waals surface area contributed by atoms with Crippen molar-refractivity contribution in [2.24, 2.45) is 20.5 Å². The highest BCUT2D eigenvalue weighted by molar-refractivity contribution is 6.32. The molecule has 0 aliphatic carbocycles. The van der Waals surface area contributed by atoms with E-state index in [-0.39, 0.29) is 49.8 Å². The summed E-state index contributed by atoms with van der Waals surface area (Å²) in [6.45, 7) is 6.84. The van der Waals surface area contributed by atoms with Gasteiger partial charge in [-0.1, -0.05) is 35.3 Å². The van der Waals surface area contributed by atoms with Crippen LogP contribution in [0.25, 0.3) is 0 Å². The van der Waals surface area contributed by atoms with Gasteiger partial charge in [0.2, 0.25) is 12.1 Å². The first-order chi connectivity index (χ1) is 33.6. The van der Waals surface area contributed by atoms with Gasteiger partial charge >= 0.3 is 0 Å². The predicted molar refractivity (Wildman–Crippen MR) is 274 cm³/mol. The van der Waals surface area contributed by atoms with Crippen molar-refractivity contribution in [3.8, 4) is 11.5 Å². The molecule has 366 valence electrons. The Labute approximate surface area is 428 Å². The van der Waals surface area contributed by atoms with Gasteiger partial charge in [-0.15, -0.1) is 34.8 Å². The first kappa shape index (κ1) is 54.5. The summed E-state index contributed by atoms with van der Waals surface area (Å²) in [6, 6.07) is 20.0. The van der Waals surface area contributed by atoms with Crippen molar-refractivity contribution in [3.05, 3.63) is 129 Å². The molecule has 5 aromatic rings. The maximum atomic E-state index is 13.5. The zero-order chi connectivity index (χ0) is 50.9. The number of azo groups is 2. The number of benzene rings is 5. The van der Waals surface area contributed by atoms with Crippen molar-refractivity contribution in [1.29, 1.82) is 0 Å². The van der Waals surface area contributed by atoms with Crippen LogP contribution in [0.1, 0.15) is 65.1 Å². The normalized spacial score (nSPS) is 12.0. The summed E-state index contributed by atoms with van der Waals surface area (Å²) < 4.78 is 11.4. The molecule has 2 atom stereocenters. The number of hydrogen-bond acceptors (Lipinski definition) is 12. The first-order valence-electron chi connectivity index (χ1n) is 21.6. The number of Topliss-reactive ketones (excluding diaryl/α,β-unsaturated/α-hetero) is 2. The molecule has 0 aliphatic heterocycles. The summed E-state index contributed by atoms with van der Waals surface area (Å²) in [6.07, 6.45) is 0.868. The quantitative estimate of drug-likeness (QED) is 0.0279. The highest BCUT2D eigenvalue weighted by Gasteiger charge is 2.26. The molecular formula is C49H47Cl5N8O8. The fourth-order valence-corrected chi connectivity index (χ4v) is 7.83. The zero-order valence-electron chi connectivity index (χ0n) is 38.2. The van der Waals surface area contributed by atoms with E-state index in [2.05, 4.69) is 41.7 Å². The van der Waals surface area contributed by atoms with Crippen molar-refractivity contribution in [3.63, 3.8) is 0 Å². The van der Waals surface area contributed by atoms with E-state index >= 15 is 0 Å². The van der Waals surface area contributed by atoms with Gasteiger partial charge in [0, 0.05) is 72.7 Å². The minimum Gasteiger partial charge on any atom is -0.494 e. The molecule has 0 spiro atoms. The Balaban J connectivity index is 1.27. The number of ether oxygens (including phenoxy) is 2. The molecule has 4 amide bonds. The summed E-state index contributed by atoms with van der Waals surface area (Å²) in [5, 5.41) is 27.4. The fourth-order valence-electron chi connectivity index (χ4n) is 6.77. The van der Waals surface area contributed by atoms with Gasteiger partial charge in [0.1, 0.15) is 11.5 Å². The molecule has 16 nitrogen and oxygen atoms in total. The minimum absolute atomic E-state index is 0.0865. The predicted octanol–water partition coefficient (Wildman–Crippen LogP) is 12.0. The molecule has 0 aliphatic rings. The number of halogens is 5. The average Bonchev–Trinajstić information content (AvgIpc) is 3.31. The molecule has 0 heterocycles. The van der Waals surface area contributed by atoms with Crippen molar-refractivity contribution < 1.29 is 38.2 Å². The van der Waals surface area contributed by atoms with Crippen molar-refractivity contribution in [2.45, 2.75) is 58.5 Å². The molecule has 0 bridgehead atoms. The van der Waals surface area contributed by atoms with E-state index in [1.165, 1.54) is 54.6 Å². The van der Waals surface area contributed by atoms with Crippen LogP contribution in [-0.2, 0) is 37.9 Å². The van der Waals surface area contributed by atoms with E-state index in [0.717, 1.165) is 25.0 Å². The van der Waals surface area contributed by atoms with E-state index in [0.29, 0.717) is 66.3 Å². The van der Waals surface area contributed by atoms with Crippen molar-refractivity contribution in [2.75, 3.05) is 46.2 Å². The number of carbonyl (C=O) groups is 6. The first-order valence-corrected chi connectivity index (χ1v) is 23.9. The second-order valence-corrected chi connectivity index (χ2v) is 17.0. The SMILES string of the molecule is CCOc1cccc(NC(=O)c2cc(Cl)cc(N=NC(C(C)=O)C(=O)Nc3ccc(NC(=O)C(N=Nc4cc(Cl)cc(C(=O)Nc5cccc(OCC)c5CCCl)c4)C(C)=O)c(CCl)c3)c2)c1CCCl. The lowest BCUT2D eigenvalue weighted by Crippen LogP contribution is -2.32. The van der Waals surface area contributed by atoms with Gasteiger partial charge in [0.05, 0.1) is 24.6 Å². The molecule has 70 heavy (non-hydrogen) atoms. The highest BCUT2D eigenvalue weighted by atomic mass is 35.5. The lowest BCUT2D eigenvalue weighted by Gasteiger charge is -2.15. The van der Waals surface area contributed by atoms with E-state index in [1.807, 2.05) is 13.8 Å². The van der Waals surface area contributed by atoms with Crippen LogP contribution in [0.3, 0.4) is 0 Å². The molecule has 0 saturated carbocycles. The molecule has 0 fully saturated rings. The van der Waals surface area contributed by atoms with E-state index < -0.39 is 47.3 Å². The van der Waals surface area contributed by atoms with Gasteiger partial charge in [-0.3, -0.25) is 28.8 Å². The summed E-state index contributed by atoms with van der Waals surface area (Å²) in [4.78, 5) is 79.1. The van der Waals surface area contributed by atoms with Gasteiger partial charge < -0.3 is 30.7 Å². The zero-order valence-corrected chi connectivity index (χ0v) is 42.0. The van der Waals surface area contributed by atoms with E-state index in [9.17, 15) is 28.8 Å². The van der Waals surface area contributed by atoms with Crippen LogP contribution >= 0.6 is 58.0 Å². The van der Waals surface area contributed by atoms with Crippen molar-refractivity contribution in [1.82, 2.24) is 0 Å². The lowest BCUT2D eigenvalue weighted by molar-refractivity contribution is -0.127. The Hall–Kier alpha value is -6.43. The molecule has 21 heteroatoms. The van der Waals surface area contributed by atoms with E-state index in [1.54, 1.807) is 36.4 Å². The molecule has 4 N–H and O–H groups in total. The van der Waals surface area contributed by atoms with Crippen LogP contribution < -0.4 is 30.7 Å². The summed E-state index contributed by atoms with van der Waals surface area (Å²) in [5.74, 6) is -2.44. The van der Waals surface area contributed by atoms with Gasteiger partial charge in [-0.05, 0) is 125 Å². The number of nitrogens with one attached hydrogen (secondary N) is 4. The van der Waals surface area contributed by atoms with Crippen molar-refractivity contribution >= 4 is 127 Å². The van der Waals surface area contributed by atoms with Crippen LogP contribution in [-0.4, -0.2) is 72.3 Å². The monoisotopic (exact) mass is 1050 g/mol. The Morgan fingerprint density at radius 1 is 0.557 bits per heavy atom. The maximum Gasteiger partial charge on any atom is 0.258 e. The number of anilines is 4. The third kappa shape index (κ3) is 15.0. The number of alkyl halides is 3. The summed E-state index contributed by atoms with van der Waals surface area (Å²) >= 11 is 31.0. The van der Waals surface area contributed by atoms with Gasteiger partial charge in [-0.2, -0.15) is 20.5 Å². The maximum absolute atomic E-state index is 13.5. The third-order valence-electron chi connectivity index (χ3n) is 9.96. The van der Waals surface area contributed by atoms with Crippen LogP contribution in [0.5, 0.6) is 11.5 Å². The Morgan fingerprint density at radius 3 is 1.43 bits per heavy atom. The van der Waals surface area contributed by atoms with Crippen LogP contribution in [0.4, 0.5) is 34.1 Å². The van der Waals surface area contributed by atoms with Crippen LogP contribution in [0, 0.1) is 0 Å². The average molecular weight is 1050 g/mol. The Morgan fingerprint density at radius 2 is 1.01 bits per heavy atom. The molecular weight excluding hydrogens is 1010 g/mol. The second kappa shape index (κ2) is 26.5. The molecule has 5 rings (SSSR count).